The van der Waals surface area contributed by atoms with Gasteiger partial charge in [-0.05, 0) is 0 Å². The van der Waals surface area contributed by atoms with Gasteiger partial charge in [0.2, 0.25) is 11.8 Å². The van der Waals surface area contributed by atoms with Gasteiger partial charge in [0.15, 0.2) is 0 Å². The van der Waals surface area contributed by atoms with Gasteiger partial charge < -0.3 is 44.9 Å². The SMILES string of the molecule is O=C(O)C1C(C(=O)N2CCNCC2)[C@@H]2C=C[C@H]1O2.O=C([O-])C1C(C(=O)N2CC[NH2+]CC2)[C@@H]2C=C[C@H]1O2. The molecule has 0 aliphatic carbocycles. The van der Waals surface area contributed by atoms with Crippen LogP contribution in [-0.2, 0) is 28.7 Å². The van der Waals surface area contributed by atoms with E-state index in [0.717, 1.165) is 26.2 Å². The molecule has 0 aromatic heterocycles. The summed E-state index contributed by atoms with van der Waals surface area (Å²) in [7, 11) is 0. The van der Waals surface area contributed by atoms with Gasteiger partial charge in [0.05, 0.1) is 62.4 Å². The Kier molecular flexibility index (Phi) is 7.11. The lowest BCUT2D eigenvalue weighted by atomic mass is 9.82. The lowest BCUT2D eigenvalue weighted by Crippen LogP contribution is -2.90. The summed E-state index contributed by atoms with van der Waals surface area (Å²) in [6.07, 6.45) is 5.39. The van der Waals surface area contributed by atoms with Crippen molar-refractivity contribution in [2.75, 3.05) is 52.4 Å². The molecular weight excluding hydrogens is 472 g/mol. The van der Waals surface area contributed by atoms with Gasteiger partial charge in [-0.1, -0.05) is 24.3 Å². The monoisotopic (exact) mass is 504 g/mol. The number of carboxylic acid groups (broad SMARTS) is 2. The zero-order valence-corrected chi connectivity index (χ0v) is 19.9. The van der Waals surface area contributed by atoms with Gasteiger partial charge in [-0.15, -0.1) is 0 Å². The highest BCUT2D eigenvalue weighted by molar-refractivity contribution is 5.88. The van der Waals surface area contributed by atoms with Crippen LogP contribution in [0.3, 0.4) is 0 Å². The van der Waals surface area contributed by atoms with E-state index in [2.05, 4.69) is 10.6 Å². The lowest BCUT2D eigenvalue weighted by molar-refractivity contribution is -0.662. The number of carbonyl (C=O) groups excluding carboxylic acids is 3. The number of nitrogens with zero attached hydrogens (tertiary/aromatic N) is 2. The third-order valence-corrected chi connectivity index (χ3v) is 7.87. The van der Waals surface area contributed by atoms with Gasteiger partial charge in [0.1, 0.15) is 5.92 Å². The maximum Gasteiger partial charge on any atom is 0.310 e. The maximum absolute atomic E-state index is 12.4. The Morgan fingerprint density at radius 2 is 1.19 bits per heavy atom. The molecule has 6 aliphatic rings. The highest BCUT2D eigenvalue weighted by Gasteiger charge is 2.54. The number of hydrogen-bond acceptors (Lipinski definition) is 8. The second-order valence-electron chi connectivity index (χ2n) is 9.93. The van der Waals surface area contributed by atoms with Gasteiger partial charge in [0.25, 0.3) is 0 Å². The molecule has 8 atom stereocenters. The van der Waals surface area contributed by atoms with Crippen LogP contribution >= 0.6 is 0 Å². The average Bonchev–Trinajstić information content (AvgIpc) is 3.70. The van der Waals surface area contributed by atoms with Crippen molar-refractivity contribution in [3.8, 4) is 0 Å². The van der Waals surface area contributed by atoms with E-state index in [1.165, 1.54) is 0 Å². The molecule has 4 unspecified atom stereocenters. The van der Waals surface area contributed by atoms with Crippen LogP contribution in [-0.4, -0.2) is 115 Å². The minimum atomic E-state index is -1.19. The second kappa shape index (κ2) is 10.3. The van der Waals surface area contributed by atoms with Gasteiger partial charge in [-0.3, -0.25) is 14.4 Å². The number of piperazine rings is 2. The first-order chi connectivity index (χ1) is 17.4. The van der Waals surface area contributed by atoms with Crippen LogP contribution in [0.25, 0.3) is 0 Å². The van der Waals surface area contributed by atoms with Gasteiger partial charge in [-0.25, -0.2) is 0 Å². The van der Waals surface area contributed by atoms with E-state index in [0.29, 0.717) is 26.2 Å². The molecule has 0 aromatic rings. The summed E-state index contributed by atoms with van der Waals surface area (Å²) in [6, 6.07) is 0. The average molecular weight is 505 g/mol. The van der Waals surface area contributed by atoms with Crippen molar-refractivity contribution in [3.63, 3.8) is 0 Å². The summed E-state index contributed by atoms with van der Waals surface area (Å²) >= 11 is 0. The largest absolute Gasteiger partial charge is 0.550 e. The van der Waals surface area contributed by atoms with Gasteiger partial charge in [0, 0.05) is 38.1 Å². The molecular formula is C24H32N4O8. The minimum Gasteiger partial charge on any atom is -0.550 e. The molecule has 6 aliphatic heterocycles. The van der Waals surface area contributed by atoms with E-state index >= 15 is 0 Å². The molecule has 6 rings (SSSR count). The number of fused-ring (bicyclic) bond motifs is 4. The predicted octanol–water partition coefficient (Wildman–Crippen LogP) is -4.22. The highest BCUT2D eigenvalue weighted by Crippen LogP contribution is 2.41. The lowest BCUT2D eigenvalue weighted by Gasteiger charge is -2.32. The van der Waals surface area contributed by atoms with Crippen molar-refractivity contribution in [1.29, 1.82) is 0 Å². The fraction of sp³-hybridized carbons (Fsp3) is 0.667. The zero-order chi connectivity index (χ0) is 25.4. The molecule has 4 fully saturated rings. The van der Waals surface area contributed by atoms with Crippen molar-refractivity contribution in [2.45, 2.75) is 24.4 Å². The number of quaternary nitrogens is 1. The van der Waals surface area contributed by atoms with Crippen LogP contribution in [0, 0.1) is 23.7 Å². The van der Waals surface area contributed by atoms with Crippen LogP contribution in [0.15, 0.2) is 24.3 Å². The summed E-state index contributed by atoms with van der Waals surface area (Å²) in [6.45, 7) is 5.92. The normalized spacial score (nSPS) is 38.1. The fourth-order valence-electron chi connectivity index (χ4n) is 6.06. The first kappa shape index (κ1) is 24.9. The van der Waals surface area contributed by atoms with Crippen LogP contribution < -0.4 is 15.7 Å². The van der Waals surface area contributed by atoms with Crippen LogP contribution in [0.1, 0.15) is 0 Å². The molecule has 12 nitrogen and oxygen atoms in total. The van der Waals surface area contributed by atoms with Crippen molar-refractivity contribution >= 4 is 23.8 Å². The van der Waals surface area contributed by atoms with E-state index in [-0.39, 0.29) is 17.9 Å². The number of nitrogens with one attached hydrogen (secondary N) is 1. The first-order valence-corrected chi connectivity index (χ1v) is 12.6. The second-order valence-corrected chi connectivity index (χ2v) is 9.93. The molecule has 12 heteroatoms. The topological polar surface area (TPSA) is 165 Å². The summed E-state index contributed by atoms with van der Waals surface area (Å²) < 4.78 is 11.0. The standard InChI is InChI=1S/2C12H16N2O4/c2*15-11(14-5-3-13-4-6-14)9-7-1-2-8(18-7)10(9)12(16)17/h2*1-2,7-10,13H,3-6H2,(H,16,17)/t2*7-,8+,9?,10?/m00/s1. The van der Waals surface area contributed by atoms with Crippen molar-refractivity contribution < 1.29 is 44.2 Å². The predicted molar refractivity (Wildman–Crippen MR) is 120 cm³/mol. The highest BCUT2D eigenvalue weighted by atomic mass is 16.5. The number of ether oxygens (including phenoxy) is 2. The Balaban J connectivity index is 0.000000148. The molecule has 4 N–H and O–H groups in total. The van der Waals surface area contributed by atoms with E-state index in [1.54, 1.807) is 28.0 Å². The van der Waals surface area contributed by atoms with E-state index < -0.39 is 53.9 Å². The Morgan fingerprint density at radius 1 is 0.750 bits per heavy atom. The molecule has 36 heavy (non-hydrogen) atoms. The van der Waals surface area contributed by atoms with Crippen LogP contribution in [0.5, 0.6) is 0 Å². The maximum atomic E-state index is 12.4. The number of carbonyl (C=O) groups is 4. The molecule has 4 bridgehead atoms. The molecule has 0 aromatic carbocycles. The van der Waals surface area contributed by atoms with E-state index in [9.17, 15) is 29.4 Å². The third kappa shape index (κ3) is 4.54. The first-order valence-electron chi connectivity index (χ1n) is 12.6. The molecule has 0 spiro atoms. The third-order valence-electron chi connectivity index (χ3n) is 7.87. The number of amides is 2. The van der Waals surface area contributed by atoms with Crippen LogP contribution in [0.4, 0.5) is 0 Å². The Morgan fingerprint density at radius 3 is 1.69 bits per heavy atom. The minimum absolute atomic E-state index is 0.0826. The van der Waals surface area contributed by atoms with E-state index in [4.69, 9.17) is 9.47 Å². The zero-order valence-electron chi connectivity index (χ0n) is 19.9. The summed E-state index contributed by atoms with van der Waals surface area (Å²) in [5, 5.41) is 25.8. The van der Waals surface area contributed by atoms with Crippen molar-refractivity contribution in [1.82, 2.24) is 15.1 Å². The summed E-state index contributed by atoms with van der Waals surface area (Å²) in [4.78, 5) is 50.8. The number of carboxylic acids is 2. The van der Waals surface area contributed by atoms with Crippen LogP contribution in [0.2, 0.25) is 0 Å². The van der Waals surface area contributed by atoms with E-state index in [1.807, 2.05) is 6.08 Å². The number of rotatable bonds is 4. The molecule has 196 valence electrons. The van der Waals surface area contributed by atoms with Gasteiger partial charge >= 0.3 is 5.97 Å². The summed E-state index contributed by atoms with van der Waals surface area (Å²) in [5.41, 5.74) is 0. The van der Waals surface area contributed by atoms with Crippen molar-refractivity contribution in [3.05, 3.63) is 24.3 Å². The molecule has 4 saturated heterocycles. The Bertz CT molecular complexity index is 882. The smallest absolute Gasteiger partial charge is 0.310 e. The Hall–Kier alpha value is -2.80. The number of hydrogen-bond donors (Lipinski definition) is 3. The molecule has 6 heterocycles. The summed E-state index contributed by atoms with van der Waals surface area (Å²) in [5.74, 6) is -5.05. The quantitative estimate of drug-likeness (QED) is 0.322. The molecule has 0 radical (unpaired) electrons. The molecule has 2 amide bonds. The number of aliphatic carboxylic acids is 2. The fourth-order valence-corrected chi connectivity index (χ4v) is 6.06. The number of nitrogens with two attached hydrogens (primary N) is 1. The van der Waals surface area contributed by atoms with Crippen molar-refractivity contribution in [2.24, 2.45) is 23.7 Å². The Labute approximate surface area is 208 Å². The van der Waals surface area contributed by atoms with Gasteiger partial charge in [-0.2, -0.15) is 0 Å². The molecule has 0 saturated carbocycles.